The predicted octanol–water partition coefficient (Wildman–Crippen LogP) is 0.477. The lowest BCUT2D eigenvalue weighted by Gasteiger charge is -2.31. The van der Waals surface area contributed by atoms with Gasteiger partial charge in [0.05, 0.1) is 0 Å². The number of rotatable bonds is 1. The van der Waals surface area contributed by atoms with Crippen molar-refractivity contribution >= 4 is 0 Å². The highest BCUT2D eigenvalue weighted by Gasteiger charge is 2.40. The molecule has 0 spiro atoms. The minimum absolute atomic E-state index is 0.364. The molecule has 2 aliphatic rings. The summed E-state index contributed by atoms with van der Waals surface area (Å²) >= 11 is 0. The van der Waals surface area contributed by atoms with Crippen LogP contribution < -0.4 is 11.1 Å². The van der Waals surface area contributed by atoms with Crippen LogP contribution in [0.2, 0.25) is 0 Å². The van der Waals surface area contributed by atoms with Gasteiger partial charge in [0.25, 0.3) is 0 Å². The van der Waals surface area contributed by atoms with Crippen LogP contribution in [0, 0.1) is 5.92 Å². The molecule has 0 aromatic carbocycles. The van der Waals surface area contributed by atoms with Crippen LogP contribution in [0.4, 0.5) is 0 Å². The molecule has 0 amide bonds. The van der Waals surface area contributed by atoms with Gasteiger partial charge in [0.15, 0.2) is 0 Å². The van der Waals surface area contributed by atoms with Gasteiger partial charge in [-0.2, -0.15) is 0 Å². The molecule has 1 aliphatic carbocycles. The molecule has 0 aromatic rings. The molecule has 0 aromatic heterocycles. The Morgan fingerprint density at radius 2 is 2.50 bits per heavy atom. The molecule has 0 radical (unpaired) electrons. The number of fused-ring (bicyclic) bond motifs is 2. The van der Waals surface area contributed by atoms with Crippen molar-refractivity contribution in [3.63, 3.8) is 0 Å². The Bertz CT molecular complexity index is 131. The Labute approximate surface area is 62.2 Å². The maximum atomic E-state index is 5.71. The molecule has 2 unspecified atom stereocenters. The first kappa shape index (κ1) is 6.62. The van der Waals surface area contributed by atoms with E-state index in [1.807, 2.05) is 0 Å². The molecule has 1 aliphatic heterocycles. The Kier molecular flexibility index (Phi) is 1.46. The average Bonchev–Trinajstić information content (AvgIpc) is 2.29. The first-order valence-corrected chi connectivity index (χ1v) is 4.30. The van der Waals surface area contributed by atoms with Gasteiger partial charge in [-0.05, 0) is 31.7 Å². The zero-order valence-electron chi connectivity index (χ0n) is 6.40. The van der Waals surface area contributed by atoms with Gasteiger partial charge in [0, 0.05) is 12.1 Å². The standard InChI is InChI=1S/C8H16N2/c9-6-8-3-1-2-7(4-8)5-10-8/h7,10H,1-6,9H2. The topological polar surface area (TPSA) is 38.0 Å². The van der Waals surface area contributed by atoms with Crippen LogP contribution in [-0.4, -0.2) is 18.6 Å². The minimum atomic E-state index is 0.364. The van der Waals surface area contributed by atoms with Crippen molar-refractivity contribution in [2.24, 2.45) is 11.7 Å². The average molecular weight is 140 g/mol. The van der Waals surface area contributed by atoms with E-state index >= 15 is 0 Å². The zero-order chi connectivity index (χ0) is 7.03. The van der Waals surface area contributed by atoms with Crippen molar-refractivity contribution in [1.82, 2.24) is 5.32 Å². The second-order valence-corrected chi connectivity index (χ2v) is 3.83. The highest BCUT2D eigenvalue weighted by Crippen LogP contribution is 2.36. The van der Waals surface area contributed by atoms with Gasteiger partial charge in [-0.25, -0.2) is 0 Å². The third kappa shape index (κ3) is 0.867. The van der Waals surface area contributed by atoms with E-state index < -0.39 is 0 Å². The predicted molar refractivity (Wildman–Crippen MR) is 41.7 cm³/mol. The van der Waals surface area contributed by atoms with Crippen molar-refractivity contribution in [3.05, 3.63) is 0 Å². The van der Waals surface area contributed by atoms with E-state index in [0.29, 0.717) is 5.54 Å². The first-order chi connectivity index (χ1) is 4.85. The number of nitrogens with two attached hydrogens (primary N) is 1. The highest BCUT2D eigenvalue weighted by molar-refractivity contribution is 5.00. The monoisotopic (exact) mass is 140 g/mol. The smallest absolute Gasteiger partial charge is 0.0307 e. The van der Waals surface area contributed by atoms with Crippen LogP contribution in [0.15, 0.2) is 0 Å². The first-order valence-electron chi connectivity index (χ1n) is 4.30. The van der Waals surface area contributed by atoms with E-state index in [-0.39, 0.29) is 0 Å². The largest absolute Gasteiger partial charge is 0.329 e. The Balaban J connectivity index is 2.10. The van der Waals surface area contributed by atoms with Crippen LogP contribution in [0.5, 0.6) is 0 Å². The number of hydrogen-bond acceptors (Lipinski definition) is 2. The molecule has 1 saturated carbocycles. The second kappa shape index (κ2) is 2.21. The van der Waals surface area contributed by atoms with Gasteiger partial charge in [-0.1, -0.05) is 6.42 Å². The van der Waals surface area contributed by atoms with E-state index in [2.05, 4.69) is 5.32 Å². The molecule has 2 bridgehead atoms. The fourth-order valence-electron chi connectivity index (χ4n) is 2.44. The molecule has 1 heterocycles. The van der Waals surface area contributed by atoms with Gasteiger partial charge in [0.2, 0.25) is 0 Å². The molecular weight excluding hydrogens is 124 g/mol. The number of hydrogen-bond donors (Lipinski definition) is 2. The van der Waals surface area contributed by atoms with E-state index in [1.54, 1.807) is 0 Å². The lowest BCUT2D eigenvalue weighted by Crippen LogP contribution is -2.46. The molecule has 3 N–H and O–H groups in total. The molecule has 2 atom stereocenters. The normalized spacial score (nSPS) is 45.9. The molecule has 2 rings (SSSR count). The maximum Gasteiger partial charge on any atom is 0.0307 e. The molecule has 1 saturated heterocycles. The second-order valence-electron chi connectivity index (χ2n) is 3.83. The fourth-order valence-corrected chi connectivity index (χ4v) is 2.44. The Morgan fingerprint density at radius 1 is 1.60 bits per heavy atom. The highest BCUT2D eigenvalue weighted by atomic mass is 15.0. The number of nitrogens with one attached hydrogen (secondary N) is 1. The lowest BCUT2D eigenvalue weighted by molar-refractivity contribution is 0.291. The van der Waals surface area contributed by atoms with Gasteiger partial charge >= 0.3 is 0 Å². The van der Waals surface area contributed by atoms with Gasteiger partial charge in [-0.15, -0.1) is 0 Å². The van der Waals surface area contributed by atoms with Crippen LogP contribution in [0.3, 0.4) is 0 Å². The van der Waals surface area contributed by atoms with Gasteiger partial charge in [-0.3, -0.25) is 0 Å². The Hall–Kier alpha value is -0.0800. The summed E-state index contributed by atoms with van der Waals surface area (Å²) < 4.78 is 0. The van der Waals surface area contributed by atoms with Crippen molar-refractivity contribution in [3.8, 4) is 0 Å². The van der Waals surface area contributed by atoms with E-state index in [9.17, 15) is 0 Å². The maximum absolute atomic E-state index is 5.71. The van der Waals surface area contributed by atoms with Crippen molar-refractivity contribution in [2.75, 3.05) is 13.1 Å². The fraction of sp³-hybridized carbons (Fsp3) is 1.00. The summed E-state index contributed by atoms with van der Waals surface area (Å²) in [6, 6.07) is 0. The van der Waals surface area contributed by atoms with Crippen LogP contribution in [-0.2, 0) is 0 Å². The lowest BCUT2D eigenvalue weighted by atomic mass is 9.80. The minimum Gasteiger partial charge on any atom is -0.329 e. The van der Waals surface area contributed by atoms with Crippen LogP contribution in [0.25, 0.3) is 0 Å². The summed E-state index contributed by atoms with van der Waals surface area (Å²) in [5, 5.41) is 3.56. The van der Waals surface area contributed by atoms with Crippen LogP contribution >= 0.6 is 0 Å². The summed E-state index contributed by atoms with van der Waals surface area (Å²) in [5.41, 5.74) is 6.08. The summed E-state index contributed by atoms with van der Waals surface area (Å²) in [4.78, 5) is 0. The Morgan fingerprint density at radius 3 is 3.20 bits per heavy atom. The third-order valence-corrected chi connectivity index (χ3v) is 3.10. The molecule has 10 heavy (non-hydrogen) atoms. The van der Waals surface area contributed by atoms with Gasteiger partial charge < -0.3 is 11.1 Å². The third-order valence-electron chi connectivity index (χ3n) is 3.10. The SMILES string of the molecule is NCC12CCCC(CN1)C2. The van der Waals surface area contributed by atoms with E-state index in [4.69, 9.17) is 5.73 Å². The quantitative estimate of drug-likeness (QED) is 0.556. The van der Waals surface area contributed by atoms with Crippen molar-refractivity contribution < 1.29 is 0 Å². The van der Waals surface area contributed by atoms with Crippen LogP contribution in [0.1, 0.15) is 25.7 Å². The summed E-state index contributed by atoms with van der Waals surface area (Å²) in [6.07, 6.45) is 5.45. The summed E-state index contributed by atoms with van der Waals surface area (Å²) in [5.74, 6) is 0.942. The van der Waals surface area contributed by atoms with E-state index in [1.165, 1.54) is 32.2 Å². The molecule has 2 nitrogen and oxygen atoms in total. The summed E-state index contributed by atoms with van der Waals surface area (Å²) in [6.45, 7) is 2.06. The van der Waals surface area contributed by atoms with Gasteiger partial charge in [0.1, 0.15) is 0 Å². The van der Waals surface area contributed by atoms with Crippen molar-refractivity contribution in [2.45, 2.75) is 31.2 Å². The van der Waals surface area contributed by atoms with Crippen molar-refractivity contribution in [1.29, 1.82) is 0 Å². The molecule has 2 heteroatoms. The summed E-state index contributed by atoms with van der Waals surface area (Å²) in [7, 11) is 0. The molecule has 2 fully saturated rings. The molecule has 58 valence electrons. The van der Waals surface area contributed by atoms with E-state index in [0.717, 1.165) is 12.5 Å². The molecular formula is C8H16N2. The zero-order valence-corrected chi connectivity index (χ0v) is 6.40.